The first kappa shape index (κ1) is 14.4. The number of hydrogen-bond donors (Lipinski definition) is 2. The predicted molar refractivity (Wildman–Crippen MR) is 71.6 cm³/mol. The maximum absolute atomic E-state index is 13.6. The van der Waals surface area contributed by atoms with Gasteiger partial charge in [0.15, 0.2) is 11.6 Å². The molecule has 0 saturated heterocycles. The third-order valence-corrected chi connectivity index (χ3v) is 2.80. The molecule has 0 amide bonds. The molecule has 0 aromatic heterocycles. The maximum atomic E-state index is 13.6. The van der Waals surface area contributed by atoms with E-state index in [1.165, 1.54) is 6.07 Å². The van der Waals surface area contributed by atoms with Crippen LogP contribution in [0.25, 0.3) is 0 Å². The smallest absolute Gasteiger partial charge is 0.168 e. The first-order chi connectivity index (χ1) is 9.60. The van der Waals surface area contributed by atoms with Crippen molar-refractivity contribution in [2.45, 2.75) is 12.5 Å². The number of aliphatic hydroxyl groups excluding tert-OH is 1. The molecule has 2 aromatic carbocycles. The highest BCUT2D eigenvalue weighted by Crippen LogP contribution is 2.28. The summed E-state index contributed by atoms with van der Waals surface area (Å²) in [5.41, 5.74) is 6.44. The van der Waals surface area contributed by atoms with Crippen LogP contribution >= 0.6 is 0 Å². The quantitative estimate of drug-likeness (QED) is 0.884. The van der Waals surface area contributed by atoms with Crippen LogP contribution in [0.1, 0.15) is 5.56 Å². The van der Waals surface area contributed by atoms with E-state index >= 15 is 0 Å². The summed E-state index contributed by atoms with van der Waals surface area (Å²) >= 11 is 0. The molecule has 3 nitrogen and oxygen atoms in total. The number of aliphatic hydroxyl groups is 1. The van der Waals surface area contributed by atoms with Crippen molar-refractivity contribution in [2.75, 3.05) is 6.61 Å². The number of benzene rings is 2. The molecule has 1 atom stereocenters. The lowest BCUT2D eigenvalue weighted by atomic mass is 10.1. The van der Waals surface area contributed by atoms with Gasteiger partial charge in [-0.15, -0.1) is 0 Å². The third kappa shape index (κ3) is 3.53. The molecule has 0 spiro atoms. The number of rotatable bonds is 5. The van der Waals surface area contributed by atoms with Crippen LogP contribution in [-0.2, 0) is 6.42 Å². The van der Waals surface area contributed by atoms with Crippen molar-refractivity contribution in [3.05, 3.63) is 59.7 Å². The molecular weight excluding hydrogens is 264 g/mol. The van der Waals surface area contributed by atoms with Crippen LogP contribution in [0.2, 0.25) is 0 Å². The fourth-order valence-electron chi connectivity index (χ4n) is 1.80. The second-order valence-corrected chi connectivity index (χ2v) is 4.43. The van der Waals surface area contributed by atoms with E-state index in [2.05, 4.69) is 0 Å². The molecule has 106 valence electrons. The van der Waals surface area contributed by atoms with Gasteiger partial charge in [-0.3, -0.25) is 0 Å². The Balaban J connectivity index is 2.24. The van der Waals surface area contributed by atoms with E-state index in [-0.39, 0.29) is 12.4 Å². The zero-order valence-electron chi connectivity index (χ0n) is 10.7. The Labute approximate surface area is 115 Å². The molecule has 5 heteroatoms. The standard InChI is InChI=1S/C15H15F2NO2/c16-11-5-6-15(13(17)8-11)20-14-4-2-1-3-10(14)7-12(18)9-19/h1-6,8,12,19H,7,9,18H2. The van der Waals surface area contributed by atoms with Crippen LogP contribution in [-0.4, -0.2) is 17.8 Å². The van der Waals surface area contributed by atoms with Crippen LogP contribution in [0.15, 0.2) is 42.5 Å². The van der Waals surface area contributed by atoms with Gasteiger partial charge in [0.2, 0.25) is 0 Å². The highest BCUT2D eigenvalue weighted by Gasteiger charge is 2.11. The fourth-order valence-corrected chi connectivity index (χ4v) is 1.80. The number of nitrogens with two attached hydrogens (primary N) is 1. The second-order valence-electron chi connectivity index (χ2n) is 4.43. The van der Waals surface area contributed by atoms with Crippen LogP contribution in [0.5, 0.6) is 11.5 Å². The summed E-state index contributed by atoms with van der Waals surface area (Å²) in [6, 6.07) is 9.69. The Morgan fingerprint density at radius 1 is 1.10 bits per heavy atom. The van der Waals surface area contributed by atoms with E-state index in [4.69, 9.17) is 15.6 Å². The molecule has 0 heterocycles. The van der Waals surface area contributed by atoms with Crippen molar-refractivity contribution in [1.29, 1.82) is 0 Å². The number of halogens is 2. The van der Waals surface area contributed by atoms with Crippen LogP contribution in [0.4, 0.5) is 8.78 Å². The molecule has 2 aromatic rings. The minimum absolute atomic E-state index is 0.0589. The normalized spacial score (nSPS) is 12.2. The topological polar surface area (TPSA) is 55.5 Å². The summed E-state index contributed by atoms with van der Waals surface area (Å²) in [6.07, 6.45) is 0.398. The van der Waals surface area contributed by atoms with E-state index in [1.54, 1.807) is 24.3 Å². The Morgan fingerprint density at radius 2 is 1.85 bits per heavy atom. The van der Waals surface area contributed by atoms with Gasteiger partial charge in [-0.1, -0.05) is 18.2 Å². The van der Waals surface area contributed by atoms with Gasteiger partial charge >= 0.3 is 0 Å². The molecule has 0 fully saturated rings. The van der Waals surface area contributed by atoms with Gasteiger partial charge in [0.25, 0.3) is 0 Å². The van der Waals surface area contributed by atoms with Crippen molar-refractivity contribution in [3.63, 3.8) is 0 Å². The monoisotopic (exact) mass is 279 g/mol. The molecule has 0 aliphatic heterocycles. The average Bonchev–Trinajstić information content (AvgIpc) is 2.43. The molecule has 2 rings (SSSR count). The molecule has 20 heavy (non-hydrogen) atoms. The number of hydrogen-bond acceptors (Lipinski definition) is 3. The molecule has 1 unspecified atom stereocenters. The van der Waals surface area contributed by atoms with Crippen molar-refractivity contribution in [2.24, 2.45) is 5.73 Å². The van der Waals surface area contributed by atoms with Gasteiger partial charge in [0, 0.05) is 12.1 Å². The second kappa shape index (κ2) is 6.45. The summed E-state index contributed by atoms with van der Waals surface area (Å²) in [5.74, 6) is -1.06. The highest BCUT2D eigenvalue weighted by molar-refractivity contribution is 5.38. The minimum Gasteiger partial charge on any atom is -0.454 e. The molecule has 0 aliphatic carbocycles. The van der Waals surface area contributed by atoms with E-state index in [9.17, 15) is 8.78 Å². The van der Waals surface area contributed by atoms with Gasteiger partial charge in [-0.25, -0.2) is 8.78 Å². The summed E-state index contributed by atoms with van der Waals surface area (Å²) in [4.78, 5) is 0. The van der Waals surface area contributed by atoms with Crippen molar-refractivity contribution < 1.29 is 18.6 Å². The molecule has 0 bridgehead atoms. The van der Waals surface area contributed by atoms with Crippen LogP contribution in [0.3, 0.4) is 0 Å². The Kier molecular flexibility index (Phi) is 4.65. The first-order valence-corrected chi connectivity index (χ1v) is 6.17. The summed E-state index contributed by atoms with van der Waals surface area (Å²) in [6.45, 7) is -0.154. The molecule has 0 saturated carbocycles. The van der Waals surface area contributed by atoms with Crippen molar-refractivity contribution >= 4 is 0 Å². The van der Waals surface area contributed by atoms with Gasteiger partial charge < -0.3 is 15.6 Å². The summed E-state index contributed by atoms with van der Waals surface area (Å²) in [7, 11) is 0. The molecule has 0 aliphatic rings. The Morgan fingerprint density at radius 3 is 2.55 bits per heavy atom. The SMILES string of the molecule is NC(CO)Cc1ccccc1Oc1ccc(F)cc1F. The van der Waals surface area contributed by atoms with Gasteiger partial charge in [-0.05, 0) is 30.2 Å². The van der Waals surface area contributed by atoms with Gasteiger partial charge in [-0.2, -0.15) is 0 Å². The molecular formula is C15H15F2NO2. The minimum atomic E-state index is -0.772. The lowest BCUT2D eigenvalue weighted by Gasteiger charge is -2.14. The van der Waals surface area contributed by atoms with E-state index < -0.39 is 17.7 Å². The fraction of sp³-hybridized carbons (Fsp3) is 0.200. The van der Waals surface area contributed by atoms with E-state index in [0.717, 1.165) is 17.7 Å². The largest absolute Gasteiger partial charge is 0.454 e. The summed E-state index contributed by atoms with van der Waals surface area (Å²) in [5, 5.41) is 8.98. The van der Waals surface area contributed by atoms with E-state index in [0.29, 0.717) is 12.2 Å². The Bertz CT molecular complexity index is 590. The lowest BCUT2D eigenvalue weighted by molar-refractivity contribution is 0.264. The zero-order chi connectivity index (χ0) is 14.5. The first-order valence-electron chi connectivity index (χ1n) is 6.17. The molecule has 3 N–H and O–H groups in total. The van der Waals surface area contributed by atoms with Gasteiger partial charge in [0.1, 0.15) is 11.6 Å². The summed E-state index contributed by atoms with van der Waals surface area (Å²) < 4.78 is 31.9. The number of ether oxygens (including phenoxy) is 1. The van der Waals surface area contributed by atoms with Crippen LogP contribution < -0.4 is 10.5 Å². The highest BCUT2D eigenvalue weighted by atomic mass is 19.1. The van der Waals surface area contributed by atoms with Crippen molar-refractivity contribution in [1.82, 2.24) is 0 Å². The third-order valence-electron chi connectivity index (χ3n) is 2.80. The van der Waals surface area contributed by atoms with Gasteiger partial charge in [0.05, 0.1) is 6.61 Å². The lowest BCUT2D eigenvalue weighted by Crippen LogP contribution is -2.26. The number of para-hydroxylation sites is 1. The maximum Gasteiger partial charge on any atom is 0.168 e. The average molecular weight is 279 g/mol. The van der Waals surface area contributed by atoms with Crippen molar-refractivity contribution in [3.8, 4) is 11.5 Å². The Hall–Kier alpha value is -1.98. The zero-order valence-corrected chi connectivity index (χ0v) is 10.7. The van der Waals surface area contributed by atoms with E-state index in [1.807, 2.05) is 0 Å². The predicted octanol–water partition coefficient (Wildman–Crippen LogP) is 2.62. The van der Waals surface area contributed by atoms with Crippen LogP contribution in [0, 0.1) is 11.6 Å². The molecule has 0 radical (unpaired) electrons.